The maximum atomic E-state index is 10.2. The van der Waals surface area contributed by atoms with Crippen LogP contribution in [0.4, 0.5) is 11.8 Å². The Morgan fingerprint density at radius 2 is 1.89 bits per heavy atom. The van der Waals surface area contributed by atoms with Crippen LogP contribution in [0.15, 0.2) is 4.63 Å². The van der Waals surface area contributed by atoms with Crippen molar-refractivity contribution in [1.29, 1.82) is 0 Å². The van der Waals surface area contributed by atoms with E-state index in [9.17, 15) is 20.2 Å². The highest BCUT2D eigenvalue weighted by atomic mass is 16.7. The lowest BCUT2D eigenvalue weighted by Crippen LogP contribution is -2.09. The fourth-order valence-electron chi connectivity index (χ4n) is 0.999. The number of nitro groups is 2. The summed E-state index contributed by atoms with van der Waals surface area (Å²) in [5.41, 5.74) is 3.25. The quantitative estimate of drug-likeness (QED) is 0.442. The van der Waals surface area contributed by atoms with Gasteiger partial charge in [0.15, 0.2) is 10.1 Å². The molecule has 0 aliphatic heterocycles. The van der Waals surface area contributed by atoms with Crippen LogP contribution in [-0.2, 0) is 0 Å². The third-order valence-electron chi connectivity index (χ3n) is 1.58. The summed E-state index contributed by atoms with van der Waals surface area (Å²) >= 11 is 0. The molecule has 0 bridgehead atoms. The number of nitrogens with one attached hydrogen (secondary N) is 3. The van der Waals surface area contributed by atoms with Crippen molar-refractivity contribution in [2.45, 2.75) is 0 Å². The second kappa shape index (κ2) is 4.28. The van der Waals surface area contributed by atoms with Gasteiger partial charge in [-0.1, -0.05) is 10.9 Å². The lowest BCUT2D eigenvalue weighted by Gasteiger charge is -1.90. The van der Waals surface area contributed by atoms with E-state index >= 15 is 0 Å². The van der Waals surface area contributed by atoms with E-state index in [1.165, 1.54) is 0 Å². The largest absolute Gasteiger partial charge is 0.281 e. The van der Waals surface area contributed by atoms with Gasteiger partial charge in [-0.2, -0.15) is 4.98 Å². The van der Waals surface area contributed by atoms with E-state index in [1.807, 2.05) is 0 Å². The second-order valence-corrected chi connectivity index (χ2v) is 2.71. The summed E-state index contributed by atoms with van der Waals surface area (Å²) in [6.07, 6.45) is 0. The van der Waals surface area contributed by atoms with Crippen molar-refractivity contribution >= 4 is 11.8 Å². The van der Waals surface area contributed by atoms with Gasteiger partial charge in [-0.15, -0.1) is 5.10 Å². The molecule has 0 fully saturated rings. The minimum absolute atomic E-state index is 0.162. The summed E-state index contributed by atoms with van der Waals surface area (Å²) in [5.74, 6) is -0.762. The fourth-order valence-corrected chi connectivity index (χ4v) is 0.999. The third kappa shape index (κ3) is 2.26. The first-order valence-corrected chi connectivity index (χ1v) is 4.13. The van der Waals surface area contributed by atoms with E-state index in [2.05, 4.69) is 30.1 Å². The summed E-state index contributed by atoms with van der Waals surface area (Å²) in [6.45, 7) is 0. The molecule has 0 aliphatic rings. The minimum Gasteiger partial charge on any atom is -0.241 e. The number of aromatic amines is 1. The zero-order valence-corrected chi connectivity index (χ0v) is 8.22. The molecular formula is C4H3N9O5. The number of rotatable bonds is 5. The van der Waals surface area contributed by atoms with Crippen LogP contribution in [0.25, 0.3) is 11.5 Å². The Balaban J connectivity index is 2.26. The van der Waals surface area contributed by atoms with Gasteiger partial charge in [0, 0.05) is 0 Å². The molecule has 14 nitrogen and oxygen atoms in total. The molecule has 2 heterocycles. The summed E-state index contributed by atoms with van der Waals surface area (Å²) in [4.78, 5) is 24.0. The van der Waals surface area contributed by atoms with Gasteiger partial charge in [0.1, 0.15) is 0 Å². The van der Waals surface area contributed by atoms with Crippen LogP contribution in [-0.4, -0.2) is 35.6 Å². The van der Waals surface area contributed by atoms with Crippen molar-refractivity contribution in [3.63, 3.8) is 0 Å². The molecule has 0 aliphatic carbocycles. The Kier molecular flexibility index (Phi) is 2.65. The van der Waals surface area contributed by atoms with E-state index in [4.69, 9.17) is 0 Å². The van der Waals surface area contributed by atoms with Crippen LogP contribution in [0.2, 0.25) is 0 Å². The molecule has 14 heteroatoms. The Morgan fingerprint density at radius 1 is 1.17 bits per heavy atom. The predicted octanol–water partition coefficient (Wildman–Crippen LogP) is -0.938. The fraction of sp³-hybridized carbons (Fsp3) is 0. The number of hydrazine groups is 2. The smallest absolute Gasteiger partial charge is 0.241 e. The molecule has 0 spiro atoms. The first-order valence-electron chi connectivity index (χ1n) is 4.13. The summed E-state index contributed by atoms with van der Waals surface area (Å²) < 4.78 is 4.28. The first kappa shape index (κ1) is 11.2. The number of aromatic nitrogens is 5. The van der Waals surface area contributed by atoms with Crippen molar-refractivity contribution in [2.24, 2.45) is 0 Å². The summed E-state index contributed by atoms with van der Waals surface area (Å²) in [6, 6.07) is 0. The standard InChI is InChI=1S/C4H3N9O5/c14-12(15)8-3-1(10-18-11-3)2-5-4(7-6-2)9-13(16)17/h(H,8,11)(H2,5,6,7,9). The maximum Gasteiger partial charge on any atom is 0.281 e. The van der Waals surface area contributed by atoms with Crippen molar-refractivity contribution in [1.82, 2.24) is 25.5 Å². The Hall–Kier alpha value is -3.32. The van der Waals surface area contributed by atoms with Gasteiger partial charge < -0.3 is 0 Å². The molecule has 18 heavy (non-hydrogen) atoms. The molecule has 0 saturated carbocycles. The maximum absolute atomic E-state index is 10.2. The van der Waals surface area contributed by atoms with Crippen LogP contribution in [0.5, 0.6) is 0 Å². The summed E-state index contributed by atoms with van der Waals surface area (Å²) in [7, 11) is 0. The average molecular weight is 257 g/mol. The van der Waals surface area contributed by atoms with E-state index in [1.54, 1.807) is 10.9 Å². The van der Waals surface area contributed by atoms with Crippen LogP contribution in [0.3, 0.4) is 0 Å². The molecule has 2 aromatic heterocycles. The van der Waals surface area contributed by atoms with E-state index in [-0.39, 0.29) is 23.3 Å². The van der Waals surface area contributed by atoms with E-state index in [0.29, 0.717) is 0 Å². The van der Waals surface area contributed by atoms with Gasteiger partial charge >= 0.3 is 0 Å². The molecule has 0 aromatic carbocycles. The highest BCUT2D eigenvalue weighted by Crippen LogP contribution is 2.21. The van der Waals surface area contributed by atoms with Gasteiger partial charge in [0.2, 0.25) is 11.5 Å². The number of anilines is 2. The molecule has 0 radical (unpaired) electrons. The van der Waals surface area contributed by atoms with Crippen LogP contribution in [0, 0.1) is 20.2 Å². The minimum atomic E-state index is -0.883. The zero-order chi connectivity index (χ0) is 13.1. The molecular weight excluding hydrogens is 254 g/mol. The molecule has 3 N–H and O–H groups in total. The van der Waals surface area contributed by atoms with Crippen LogP contribution >= 0.6 is 0 Å². The topological polar surface area (TPSA) is 191 Å². The normalized spacial score (nSPS) is 10.0. The highest BCUT2D eigenvalue weighted by Gasteiger charge is 2.21. The van der Waals surface area contributed by atoms with Crippen molar-refractivity contribution in [3.05, 3.63) is 20.2 Å². The average Bonchev–Trinajstić information content (AvgIpc) is 2.85. The Bertz CT molecular complexity index is 587. The lowest BCUT2D eigenvalue weighted by molar-refractivity contribution is -0.446. The molecule has 0 amide bonds. The predicted molar refractivity (Wildman–Crippen MR) is 50.9 cm³/mol. The van der Waals surface area contributed by atoms with Crippen molar-refractivity contribution in [3.8, 4) is 11.5 Å². The SMILES string of the molecule is O=[N+]([O-])Nc1nc(-c2nonc2N[N+](=O)[O-])n[nH]1. The van der Waals surface area contributed by atoms with E-state index < -0.39 is 10.1 Å². The van der Waals surface area contributed by atoms with Crippen molar-refractivity contribution < 1.29 is 14.7 Å². The summed E-state index contributed by atoms with van der Waals surface area (Å²) in [5, 5.41) is 30.9. The number of nitrogens with zero attached hydrogens (tertiary/aromatic N) is 6. The van der Waals surface area contributed by atoms with Gasteiger partial charge in [0.25, 0.3) is 11.8 Å². The van der Waals surface area contributed by atoms with Gasteiger partial charge in [0.05, 0.1) is 0 Å². The molecule has 2 aromatic rings. The molecule has 0 atom stereocenters. The lowest BCUT2D eigenvalue weighted by atomic mass is 10.4. The highest BCUT2D eigenvalue weighted by molar-refractivity contribution is 5.63. The number of hydrogen-bond acceptors (Lipinski definition) is 9. The van der Waals surface area contributed by atoms with Crippen LogP contribution in [0.1, 0.15) is 0 Å². The Labute approximate surface area is 95.6 Å². The van der Waals surface area contributed by atoms with Gasteiger partial charge in [-0.25, -0.2) is 30.0 Å². The third-order valence-corrected chi connectivity index (χ3v) is 1.58. The molecule has 94 valence electrons. The molecule has 0 saturated heterocycles. The van der Waals surface area contributed by atoms with Crippen LogP contribution < -0.4 is 10.9 Å². The van der Waals surface area contributed by atoms with E-state index in [0.717, 1.165) is 0 Å². The monoisotopic (exact) mass is 257 g/mol. The zero-order valence-electron chi connectivity index (χ0n) is 8.22. The van der Waals surface area contributed by atoms with Crippen molar-refractivity contribution in [2.75, 3.05) is 10.9 Å². The molecule has 0 unspecified atom stereocenters. The van der Waals surface area contributed by atoms with Gasteiger partial charge in [-0.05, 0) is 10.3 Å². The first-order chi connectivity index (χ1) is 8.56. The Morgan fingerprint density at radius 3 is 2.56 bits per heavy atom. The van der Waals surface area contributed by atoms with Gasteiger partial charge in [-0.3, -0.25) is 0 Å². The molecule has 2 rings (SSSR count). The number of H-pyrrole nitrogens is 1. The second-order valence-electron chi connectivity index (χ2n) is 2.71. The number of hydrogen-bond donors (Lipinski definition) is 3.